The van der Waals surface area contributed by atoms with Crippen LogP contribution < -0.4 is 5.32 Å². The first kappa shape index (κ1) is 15.3. The number of likely N-dealkylation sites (N-methyl/N-ethyl adjacent to an activating group) is 1. The SMILES string of the molecule is CCNC(CN1CCCN2CCCC2C1)C(C)CC. The highest BCUT2D eigenvalue weighted by Crippen LogP contribution is 2.22. The lowest BCUT2D eigenvalue weighted by Crippen LogP contribution is -2.47. The molecule has 0 saturated carbocycles. The predicted octanol–water partition coefficient (Wildman–Crippen LogP) is 2.18. The minimum atomic E-state index is 0.669. The highest BCUT2D eigenvalue weighted by atomic mass is 15.3. The normalized spacial score (nSPS) is 28.9. The summed E-state index contributed by atoms with van der Waals surface area (Å²) in [6.45, 7) is 14.6. The van der Waals surface area contributed by atoms with E-state index in [1.807, 2.05) is 0 Å². The van der Waals surface area contributed by atoms with Crippen LogP contribution >= 0.6 is 0 Å². The van der Waals surface area contributed by atoms with Gasteiger partial charge in [-0.05, 0) is 51.4 Å². The van der Waals surface area contributed by atoms with Gasteiger partial charge in [0.25, 0.3) is 0 Å². The van der Waals surface area contributed by atoms with E-state index < -0.39 is 0 Å². The molecule has 0 aromatic rings. The Morgan fingerprint density at radius 3 is 2.68 bits per heavy atom. The molecule has 3 atom stereocenters. The standard InChI is InChI=1S/C16H33N3/c1-4-14(3)16(17-5-2)13-18-9-7-11-19-10-6-8-15(19)12-18/h14-17H,4-13H2,1-3H3. The summed E-state index contributed by atoms with van der Waals surface area (Å²) in [5.41, 5.74) is 0. The lowest BCUT2D eigenvalue weighted by molar-refractivity contribution is 0.188. The Kier molecular flexibility index (Phi) is 6.11. The van der Waals surface area contributed by atoms with Crippen LogP contribution in [0.25, 0.3) is 0 Å². The van der Waals surface area contributed by atoms with Crippen molar-refractivity contribution in [1.82, 2.24) is 15.1 Å². The van der Waals surface area contributed by atoms with E-state index in [-0.39, 0.29) is 0 Å². The zero-order chi connectivity index (χ0) is 13.7. The van der Waals surface area contributed by atoms with Gasteiger partial charge in [0.05, 0.1) is 0 Å². The molecule has 0 aliphatic carbocycles. The number of rotatable bonds is 6. The predicted molar refractivity (Wildman–Crippen MR) is 82.6 cm³/mol. The van der Waals surface area contributed by atoms with Crippen molar-refractivity contribution in [2.75, 3.05) is 39.3 Å². The Hall–Kier alpha value is -0.120. The van der Waals surface area contributed by atoms with Crippen LogP contribution in [0.3, 0.4) is 0 Å². The average Bonchev–Trinajstić information content (AvgIpc) is 2.76. The summed E-state index contributed by atoms with van der Waals surface area (Å²) in [6, 6.07) is 1.52. The van der Waals surface area contributed by atoms with Gasteiger partial charge in [-0.25, -0.2) is 0 Å². The monoisotopic (exact) mass is 267 g/mol. The molecule has 3 unspecified atom stereocenters. The maximum Gasteiger partial charge on any atom is 0.0223 e. The molecule has 3 nitrogen and oxygen atoms in total. The van der Waals surface area contributed by atoms with Crippen LogP contribution in [0.5, 0.6) is 0 Å². The Bertz CT molecular complexity index is 256. The Labute approximate surface area is 119 Å². The minimum absolute atomic E-state index is 0.669. The molecule has 1 N–H and O–H groups in total. The molecule has 2 heterocycles. The Morgan fingerprint density at radius 1 is 1.16 bits per heavy atom. The third-order valence-electron chi connectivity index (χ3n) is 5.14. The van der Waals surface area contributed by atoms with Gasteiger partial charge in [0.2, 0.25) is 0 Å². The molecule has 2 saturated heterocycles. The van der Waals surface area contributed by atoms with E-state index in [1.54, 1.807) is 0 Å². The first-order valence-electron chi connectivity index (χ1n) is 8.44. The van der Waals surface area contributed by atoms with Crippen molar-refractivity contribution in [3.05, 3.63) is 0 Å². The van der Waals surface area contributed by atoms with Crippen molar-refractivity contribution in [2.45, 2.75) is 58.5 Å². The third-order valence-corrected chi connectivity index (χ3v) is 5.14. The van der Waals surface area contributed by atoms with Crippen LogP contribution in [-0.2, 0) is 0 Å². The maximum absolute atomic E-state index is 3.71. The van der Waals surface area contributed by atoms with Gasteiger partial charge in [-0.1, -0.05) is 27.2 Å². The summed E-state index contributed by atoms with van der Waals surface area (Å²) in [4.78, 5) is 5.46. The van der Waals surface area contributed by atoms with E-state index in [0.717, 1.165) is 18.5 Å². The molecule has 3 heteroatoms. The molecule has 0 radical (unpaired) electrons. The van der Waals surface area contributed by atoms with Gasteiger partial charge in [0, 0.05) is 25.2 Å². The summed E-state index contributed by atoms with van der Waals surface area (Å²) in [7, 11) is 0. The fraction of sp³-hybridized carbons (Fsp3) is 1.00. The number of nitrogens with zero attached hydrogens (tertiary/aromatic N) is 2. The van der Waals surface area contributed by atoms with Crippen molar-refractivity contribution in [1.29, 1.82) is 0 Å². The van der Waals surface area contributed by atoms with Gasteiger partial charge < -0.3 is 10.2 Å². The zero-order valence-corrected chi connectivity index (χ0v) is 13.2. The van der Waals surface area contributed by atoms with Crippen LogP contribution in [0.1, 0.15) is 46.5 Å². The van der Waals surface area contributed by atoms with Crippen LogP contribution in [0.4, 0.5) is 0 Å². The molecule has 0 bridgehead atoms. The number of nitrogens with one attached hydrogen (secondary N) is 1. The van der Waals surface area contributed by atoms with Crippen LogP contribution in [0.2, 0.25) is 0 Å². The van der Waals surface area contributed by atoms with Crippen molar-refractivity contribution in [3.8, 4) is 0 Å². The zero-order valence-electron chi connectivity index (χ0n) is 13.2. The second-order valence-corrected chi connectivity index (χ2v) is 6.49. The molecule has 19 heavy (non-hydrogen) atoms. The van der Waals surface area contributed by atoms with Crippen molar-refractivity contribution >= 4 is 0 Å². The summed E-state index contributed by atoms with van der Waals surface area (Å²) in [5.74, 6) is 0.780. The van der Waals surface area contributed by atoms with E-state index >= 15 is 0 Å². The first-order valence-corrected chi connectivity index (χ1v) is 8.44. The fourth-order valence-electron chi connectivity index (χ4n) is 3.72. The lowest BCUT2D eigenvalue weighted by Gasteiger charge is -2.32. The number of fused-ring (bicyclic) bond motifs is 1. The van der Waals surface area contributed by atoms with Gasteiger partial charge in [0.15, 0.2) is 0 Å². The molecule has 0 amide bonds. The molecule has 112 valence electrons. The molecular formula is C16H33N3. The highest BCUT2D eigenvalue weighted by molar-refractivity contribution is 4.87. The van der Waals surface area contributed by atoms with Gasteiger partial charge in [-0.2, -0.15) is 0 Å². The van der Waals surface area contributed by atoms with Crippen LogP contribution in [0, 0.1) is 5.92 Å². The van der Waals surface area contributed by atoms with Crippen molar-refractivity contribution in [2.24, 2.45) is 5.92 Å². The molecule has 2 aliphatic rings. The minimum Gasteiger partial charge on any atom is -0.313 e. The second-order valence-electron chi connectivity index (χ2n) is 6.49. The quantitative estimate of drug-likeness (QED) is 0.796. The number of hydrogen-bond acceptors (Lipinski definition) is 3. The smallest absolute Gasteiger partial charge is 0.0223 e. The lowest BCUT2D eigenvalue weighted by atomic mass is 9.98. The Balaban J connectivity index is 1.88. The van der Waals surface area contributed by atoms with Crippen molar-refractivity contribution in [3.63, 3.8) is 0 Å². The molecule has 0 aromatic carbocycles. The van der Waals surface area contributed by atoms with Crippen LogP contribution in [-0.4, -0.2) is 61.2 Å². The summed E-state index contributed by atoms with van der Waals surface area (Å²) in [6.07, 6.45) is 5.48. The molecule has 0 aromatic heterocycles. The molecule has 2 aliphatic heterocycles. The Morgan fingerprint density at radius 2 is 1.95 bits per heavy atom. The molecule has 2 fully saturated rings. The molecular weight excluding hydrogens is 234 g/mol. The largest absolute Gasteiger partial charge is 0.313 e. The van der Waals surface area contributed by atoms with Gasteiger partial charge >= 0.3 is 0 Å². The number of hydrogen-bond donors (Lipinski definition) is 1. The van der Waals surface area contributed by atoms with Gasteiger partial charge in [-0.3, -0.25) is 4.90 Å². The van der Waals surface area contributed by atoms with E-state index in [4.69, 9.17) is 0 Å². The van der Waals surface area contributed by atoms with E-state index in [1.165, 1.54) is 58.4 Å². The van der Waals surface area contributed by atoms with E-state index in [2.05, 4.69) is 35.9 Å². The summed E-state index contributed by atoms with van der Waals surface area (Å²) < 4.78 is 0. The van der Waals surface area contributed by atoms with Gasteiger partial charge in [0.1, 0.15) is 0 Å². The highest BCUT2D eigenvalue weighted by Gasteiger charge is 2.29. The first-order chi connectivity index (χ1) is 9.24. The van der Waals surface area contributed by atoms with E-state index in [9.17, 15) is 0 Å². The average molecular weight is 267 g/mol. The second kappa shape index (κ2) is 7.61. The maximum atomic E-state index is 3.71. The topological polar surface area (TPSA) is 18.5 Å². The summed E-state index contributed by atoms with van der Waals surface area (Å²) in [5, 5.41) is 3.71. The van der Waals surface area contributed by atoms with Gasteiger partial charge in [-0.15, -0.1) is 0 Å². The van der Waals surface area contributed by atoms with Crippen LogP contribution in [0.15, 0.2) is 0 Å². The van der Waals surface area contributed by atoms with E-state index in [0.29, 0.717) is 6.04 Å². The molecule has 0 spiro atoms. The fourth-order valence-corrected chi connectivity index (χ4v) is 3.72. The summed E-state index contributed by atoms with van der Waals surface area (Å²) >= 11 is 0. The molecule has 2 rings (SSSR count). The third kappa shape index (κ3) is 4.17. The van der Waals surface area contributed by atoms with Crippen molar-refractivity contribution < 1.29 is 0 Å².